The molecule has 0 atom stereocenters. The lowest BCUT2D eigenvalue weighted by Gasteiger charge is -2.17. The molecule has 2 aromatic rings. The summed E-state index contributed by atoms with van der Waals surface area (Å²) in [5.41, 5.74) is 2.11. The summed E-state index contributed by atoms with van der Waals surface area (Å²) in [6.07, 6.45) is 0.589. The van der Waals surface area contributed by atoms with Crippen LogP contribution in [-0.2, 0) is 20.0 Å². The molecule has 0 aromatic heterocycles. The molecular formula is C17H19ClN2O4S2. The fraction of sp³-hybridized carbons (Fsp3) is 0.294. The van der Waals surface area contributed by atoms with Crippen LogP contribution < -0.4 is 9.03 Å². The molecule has 1 aliphatic rings. The van der Waals surface area contributed by atoms with Crippen molar-refractivity contribution >= 4 is 43.0 Å². The number of hydrogen-bond donors (Lipinski definition) is 1. The van der Waals surface area contributed by atoms with E-state index in [0.717, 1.165) is 0 Å². The minimum atomic E-state index is -3.78. The van der Waals surface area contributed by atoms with E-state index in [1.807, 2.05) is 0 Å². The molecule has 1 N–H and O–H groups in total. The monoisotopic (exact) mass is 414 g/mol. The second-order valence-electron chi connectivity index (χ2n) is 6.26. The molecule has 6 nitrogen and oxygen atoms in total. The predicted octanol–water partition coefficient (Wildman–Crippen LogP) is 3.30. The third-order valence-electron chi connectivity index (χ3n) is 4.25. The van der Waals surface area contributed by atoms with Crippen LogP contribution in [0.4, 0.5) is 11.4 Å². The third-order valence-corrected chi connectivity index (χ3v) is 8.05. The van der Waals surface area contributed by atoms with Crippen LogP contribution in [0.3, 0.4) is 0 Å². The number of sulfonamides is 2. The molecule has 0 radical (unpaired) electrons. The van der Waals surface area contributed by atoms with Gasteiger partial charge in [0, 0.05) is 17.3 Å². The Morgan fingerprint density at radius 3 is 2.31 bits per heavy atom. The first-order valence-corrected chi connectivity index (χ1v) is 11.5. The number of benzene rings is 2. The Hall–Kier alpha value is -1.77. The van der Waals surface area contributed by atoms with Crippen LogP contribution in [0.1, 0.15) is 17.5 Å². The van der Waals surface area contributed by atoms with Gasteiger partial charge in [-0.1, -0.05) is 11.6 Å². The van der Waals surface area contributed by atoms with Crippen LogP contribution in [0.2, 0.25) is 5.02 Å². The molecular weight excluding hydrogens is 396 g/mol. The number of anilines is 2. The Morgan fingerprint density at radius 1 is 1.08 bits per heavy atom. The van der Waals surface area contributed by atoms with Crippen LogP contribution in [0.25, 0.3) is 0 Å². The average Bonchev–Trinajstić information content (AvgIpc) is 2.90. The molecule has 1 aliphatic heterocycles. The van der Waals surface area contributed by atoms with E-state index in [9.17, 15) is 16.8 Å². The van der Waals surface area contributed by atoms with Crippen molar-refractivity contribution in [2.24, 2.45) is 0 Å². The highest BCUT2D eigenvalue weighted by molar-refractivity contribution is 7.93. The fourth-order valence-corrected chi connectivity index (χ4v) is 6.03. The standard InChI is InChI=1S/C17H19ClN2O4S2/c1-12-11-17(13(2)10-16(12)18)26(23,24)19-14-4-6-15(7-5-14)20-8-3-9-25(20,21)22/h4-7,10-11,19H,3,8-9H2,1-2H3. The van der Waals surface area contributed by atoms with Crippen molar-refractivity contribution in [1.82, 2.24) is 0 Å². The normalized spacial score (nSPS) is 16.7. The number of nitrogens with one attached hydrogen (secondary N) is 1. The van der Waals surface area contributed by atoms with Crippen molar-refractivity contribution < 1.29 is 16.8 Å². The van der Waals surface area contributed by atoms with Crippen LogP contribution in [0, 0.1) is 13.8 Å². The van der Waals surface area contributed by atoms with Gasteiger partial charge in [0.1, 0.15) is 0 Å². The molecule has 1 fully saturated rings. The van der Waals surface area contributed by atoms with Crippen molar-refractivity contribution in [1.29, 1.82) is 0 Å². The van der Waals surface area contributed by atoms with Gasteiger partial charge < -0.3 is 0 Å². The van der Waals surface area contributed by atoms with Gasteiger partial charge in [-0.2, -0.15) is 0 Å². The Bertz CT molecular complexity index is 1050. The summed E-state index contributed by atoms with van der Waals surface area (Å²) in [4.78, 5) is 0.158. The lowest BCUT2D eigenvalue weighted by atomic mass is 10.2. The lowest BCUT2D eigenvalue weighted by Crippen LogP contribution is -2.25. The number of halogens is 1. The minimum Gasteiger partial charge on any atom is -0.280 e. The summed E-state index contributed by atoms with van der Waals surface area (Å²) in [6, 6.07) is 9.46. The smallest absolute Gasteiger partial charge is 0.262 e. The Balaban J connectivity index is 1.86. The van der Waals surface area contributed by atoms with E-state index < -0.39 is 20.0 Å². The van der Waals surface area contributed by atoms with E-state index in [1.54, 1.807) is 44.2 Å². The maximum Gasteiger partial charge on any atom is 0.262 e. The summed E-state index contributed by atoms with van der Waals surface area (Å²) in [5.74, 6) is 0.135. The highest BCUT2D eigenvalue weighted by Crippen LogP contribution is 2.28. The van der Waals surface area contributed by atoms with Crippen LogP contribution in [0.5, 0.6) is 0 Å². The molecule has 1 heterocycles. The van der Waals surface area contributed by atoms with Crippen molar-refractivity contribution in [3.05, 3.63) is 52.5 Å². The zero-order valence-corrected chi connectivity index (χ0v) is 16.7. The van der Waals surface area contributed by atoms with Gasteiger partial charge >= 0.3 is 0 Å². The summed E-state index contributed by atoms with van der Waals surface area (Å²) >= 11 is 6.03. The van der Waals surface area contributed by atoms with Gasteiger partial charge in [-0.05, 0) is 67.8 Å². The SMILES string of the molecule is Cc1cc(S(=O)(=O)Nc2ccc(N3CCCS3(=O)=O)cc2)c(C)cc1Cl. The maximum atomic E-state index is 12.7. The van der Waals surface area contributed by atoms with Gasteiger partial charge in [-0.25, -0.2) is 16.8 Å². The van der Waals surface area contributed by atoms with E-state index in [-0.39, 0.29) is 10.6 Å². The number of aryl methyl sites for hydroxylation is 2. The van der Waals surface area contributed by atoms with E-state index >= 15 is 0 Å². The second kappa shape index (κ2) is 6.75. The highest BCUT2D eigenvalue weighted by atomic mass is 35.5. The molecule has 2 aromatic carbocycles. The van der Waals surface area contributed by atoms with E-state index in [4.69, 9.17) is 11.6 Å². The molecule has 0 spiro atoms. The highest BCUT2D eigenvalue weighted by Gasteiger charge is 2.28. The molecule has 0 amide bonds. The van der Waals surface area contributed by atoms with Gasteiger partial charge in [0.2, 0.25) is 10.0 Å². The summed E-state index contributed by atoms with van der Waals surface area (Å²) in [5, 5.41) is 0.512. The van der Waals surface area contributed by atoms with Gasteiger partial charge in [-0.3, -0.25) is 9.03 Å². The zero-order chi connectivity index (χ0) is 19.1. The largest absolute Gasteiger partial charge is 0.280 e. The first kappa shape index (κ1) is 19.0. The Kier molecular flexibility index (Phi) is 4.94. The summed E-state index contributed by atoms with van der Waals surface area (Å²) in [7, 11) is -7.04. The number of rotatable bonds is 4. The Morgan fingerprint density at radius 2 is 1.73 bits per heavy atom. The van der Waals surface area contributed by atoms with Crippen LogP contribution >= 0.6 is 11.6 Å². The minimum absolute atomic E-state index is 0.135. The van der Waals surface area contributed by atoms with Crippen molar-refractivity contribution in [2.75, 3.05) is 21.3 Å². The molecule has 26 heavy (non-hydrogen) atoms. The molecule has 9 heteroatoms. The molecule has 0 bridgehead atoms. The first-order valence-electron chi connectivity index (χ1n) is 8.00. The second-order valence-corrected chi connectivity index (χ2v) is 10.3. The van der Waals surface area contributed by atoms with Gasteiger partial charge in [0.05, 0.1) is 16.3 Å². The molecule has 1 saturated heterocycles. The number of nitrogens with zero attached hydrogens (tertiary/aromatic N) is 1. The van der Waals surface area contributed by atoms with Crippen molar-refractivity contribution in [3.8, 4) is 0 Å². The van der Waals surface area contributed by atoms with Gasteiger partial charge in [-0.15, -0.1) is 0 Å². The van der Waals surface area contributed by atoms with Crippen LogP contribution in [-0.4, -0.2) is 29.1 Å². The van der Waals surface area contributed by atoms with E-state index in [1.165, 1.54) is 10.4 Å². The first-order chi connectivity index (χ1) is 12.1. The zero-order valence-electron chi connectivity index (χ0n) is 14.4. The summed E-state index contributed by atoms with van der Waals surface area (Å²) < 4.78 is 53.1. The fourth-order valence-electron chi connectivity index (χ4n) is 2.88. The Labute approximate surface area is 158 Å². The van der Waals surface area contributed by atoms with Crippen LogP contribution in [0.15, 0.2) is 41.3 Å². The van der Waals surface area contributed by atoms with Gasteiger partial charge in [0.15, 0.2) is 0 Å². The molecule has 140 valence electrons. The quantitative estimate of drug-likeness (QED) is 0.831. The van der Waals surface area contributed by atoms with E-state index in [2.05, 4.69) is 4.72 Å². The molecule has 0 unspecified atom stereocenters. The van der Waals surface area contributed by atoms with Crippen molar-refractivity contribution in [2.45, 2.75) is 25.2 Å². The summed E-state index contributed by atoms with van der Waals surface area (Å²) in [6.45, 7) is 3.87. The maximum absolute atomic E-state index is 12.7. The molecule has 0 aliphatic carbocycles. The molecule has 3 rings (SSSR count). The predicted molar refractivity (Wildman–Crippen MR) is 104 cm³/mol. The van der Waals surface area contributed by atoms with E-state index in [0.29, 0.717) is 40.5 Å². The number of hydrogen-bond acceptors (Lipinski definition) is 4. The lowest BCUT2D eigenvalue weighted by molar-refractivity contribution is 0.598. The topological polar surface area (TPSA) is 83.6 Å². The van der Waals surface area contributed by atoms with Gasteiger partial charge in [0.25, 0.3) is 10.0 Å². The third kappa shape index (κ3) is 3.67. The molecule has 0 saturated carbocycles. The van der Waals surface area contributed by atoms with Crippen molar-refractivity contribution in [3.63, 3.8) is 0 Å². The average molecular weight is 415 g/mol.